The maximum Gasteiger partial charge on any atom is 0.214 e. The molecule has 2 heterocycles. The summed E-state index contributed by atoms with van der Waals surface area (Å²) in [5.41, 5.74) is -0.00969. The van der Waals surface area contributed by atoms with Gasteiger partial charge in [0.15, 0.2) is 0 Å². The highest BCUT2D eigenvalue weighted by Crippen LogP contribution is 2.30. The van der Waals surface area contributed by atoms with Gasteiger partial charge in [0.05, 0.1) is 5.75 Å². The van der Waals surface area contributed by atoms with Crippen LogP contribution in [0.2, 0.25) is 0 Å². The van der Waals surface area contributed by atoms with Crippen LogP contribution >= 0.6 is 0 Å². The Hall–Kier alpha value is -0.130. The van der Waals surface area contributed by atoms with Crippen molar-refractivity contribution < 1.29 is 8.42 Å². The number of hydrogen-bond donors (Lipinski definition) is 1. The fourth-order valence-electron chi connectivity index (χ4n) is 2.82. The van der Waals surface area contributed by atoms with Crippen LogP contribution in [0, 0.1) is 5.41 Å². The molecule has 2 bridgehead atoms. The van der Waals surface area contributed by atoms with Crippen molar-refractivity contribution in [1.82, 2.24) is 9.62 Å². The first kappa shape index (κ1) is 13.3. The predicted octanol–water partition coefficient (Wildman–Crippen LogP) is 1.19. The highest BCUT2D eigenvalue weighted by molar-refractivity contribution is 7.89. The molecule has 0 aromatic carbocycles. The minimum absolute atomic E-state index is 0.00969. The second-order valence-corrected chi connectivity index (χ2v) is 8.41. The molecule has 0 amide bonds. The van der Waals surface area contributed by atoms with Crippen molar-refractivity contribution in [1.29, 1.82) is 0 Å². The Morgan fingerprint density at radius 1 is 1.24 bits per heavy atom. The Morgan fingerprint density at radius 2 is 1.94 bits per heavy atom. The molecule has 3 atom stereocenters. The molecule has 2 fully saturated rings. The Kier molecular flexibility index (Phi) is 3.54. The Labute approximate surface area is 105 Å². The number of hydrogen-bond acceptors (Lipinski definition) is 3. The molecule has 0 spiro atoms. The Balaban J connectivity index is 2.28. The van der Waals surface area contributed by atoms with Gasteiger partial charge in [-0.2, -0.15) is 4.31 Å². The van der Waals surface area contributed by atoms with E-state index in [1.165, 1.54) is 0 Å². The first-order chi connectivity index (χ1) is 7.81. The lowest BCUT2D eigenvalue weighted by Gasteiger charge is -2.46. The van der Waals surface area contributed by atoms with Crippen molar-refractivity contribution in [2.75, 3.05) is 18.8 Å². The topological polar surface area (TPSA) is 49.4 Å². The van der Waals surface area contributed by atoms with Gasteiger partial charge in [-0.1, -0.05) is 27.2 Å². The third-order valence-electron chi connectivity index (χ3n) is 3.91. The third kappa shape index (κ3) is 2.83. The van der Waals surface area contributed by atoms with Gasteiger partial charge >= 0.3 is 0 Å². The number of rotatable bonds is 0. The number of sulfonamides is 1. The van der Waals surface area contributed by atoms with Gasteiger partial charge in [-0.3, -0.25) is 0 Å². The summed E-state index contributed by atoms with van der Waals surface area (Å²) in [6.45, 7) is 7.80. The van der Waals surface area contributed by atoms with Crippen LogP contribution in [-0.2, 0) is 10.0 Å². The van der Waals surface area contributed by atoms with Crippen LogP contribution < -0.4 is 5.32 Å². The van der Waals surface area contributed by atoms with E-state index in [1.54, 1.807) is 4.31 Å². The number of fused-ring (bicyclic) bond motifs is 2. The van der Waals surface area contributed by atoms with Gasteiger partial charge in [0.25, 0.3) is 0 Å². The van der Waals surface area contributed by atoms with Crippen molar-refractivity contribution in [2.24, 2.45) is 5.41 Å². The smallest absolute Gasteiger partial charge is 0.214 e. The molecular formula is C12H24N2O2S. The van der Waals surface area contributed by atoms with Crippen LogP contribution in [0.3, 0.4) is 0 Å². The van der Waals surface area contributed by atoms with E-state index in [2.05, 4.69) is 26.1 Å². The summed E-state index contributed by atoms with van der Waals surface area (Å²) >= 11 is 0. The first-order valence-corrected chi connectivity index (χ1v) is 8.14. The summed E-state index contributed by atoms with van der Waals surface area (Å²) in [5.74, 6) is 0.326. The Morgan fingerprint density at radius 3 is 2.59 bits per heavy atom. The molecule has 0 aromatic heterocycles. The molecule has 3 unspecified atom stereocenters. The van der Waals surface area contributed by atoms with Crippen LogP contribution in [0.1, 0.15) is 40.0 Å². The Bertz CT molecular complexity index is 372. The van der Waals surface area contributed by atoms with Crippen molar-refractivity contribution in [3.05, 3.63) is 0 Å². The van der Waals surface area contributed by atoms with E-state index in [-0.39, 0.29) is 11.5 Å². The fourth-order valence-corrected chi connectivity index (χ4v) is 4.81. The van der Waals surface area contributed by atoms with Crippen LogP contribution in [-0.4, -0.2) is 43.6 Å². The average molecular weight is 260 g/mol. The SMILES string of the molecule is CC(C)(C)C1CNC2CCCCS(=O)(=O)N1C2. The van der Waals surface area contributed by atoms with Gasteiger partial charge in [-0.15, -0.1) is 0 Å². The molecule has 0 radical (unpaired) electrons. The molecule has 17 heavy (non-hydrogen) atoms. The van der Waals surface area contributed by atoms with Gasteiger partial charge < -0.3 is 5.32 Å². The molecule has 100 valence electrons. The van der Waals surface area contributed by atoms with Crippen LogP contribution in [0.15, 0.2) is 0 Å². The first-order valence-electron chi connectivity index (χ1n) is 6.53. The summed E-state index contributed by atoms with van der Waals surface area (Å²) in [4.78, 5) is 0. The highest BCUT2D eigenvalue weighted by atomic mass is 32.2. The molecule has 5 heteroatoms. The molecule has 0 aromatic rings. The largest absolute Gasteiger partial charge is 0.311 e. The molecule has 1 N–H and O–H groups in total. The number of piperazine rings is 1. The zero-order valence-corrected chi connectivity index (χ0v) is 11.9. The van der Waals surface area contributed by atoms with Crippen molar-refractivity contribution in [2.45, 2.75) is 52.1 Å². The number of nitrogens with zero attached hydrogens (tertiary/aromatic N) is 1. The highest BCUT2D eigenvalue weighted by Gasteiger charge is 2.41. The van der Waals surface area contributed by atoms with E-state index in [0.29, 0.717) is 18.3 Å². The maximum absolute atomic E-state index is 12.3. The molecule has 2 saturated heterocycles. The molecule has 4 nitrogen and oxygen atoms in total. The number of nitrogens with one attached hydrogen (secondary N) is 1. The van der Waals surface area contributed by atoms with Gasteiger partial charge in [0.2, 0.25) is 10.0 Å². The molecule has 0 saturated carbocycles. The maximum atomic E-state index is 12.3. The summed E-state index contributed by atoms with van der Waals surface area (Å²) in [6, 6.07) is 0.436. The molecule has 2 aliphatic heterocycles. The average Bonchev–Trinajstić information content (AvgIpc) is 2.21. The van der Waals surface area contributed by atoms with Crippen molar-refractivity contribution in [3.8, 4) is 0 Å². The fraction of sp³-hybridized carbons (Fsp3) is 1.00. The molecule has 2 rings (SSSR count). The molecular weight excluding hydrogens is 236 g/mol. The van der Waals surface area contributed by atoms with Crippen LogP contribution in [0.5, 0.6) is 0 Å². The lowest BCUT2D eigenvalue weighted by molar-refractivity contribution is 0.120. The lowest BCUT2D eigenvalue weighted by Crippen LogP contribution is -2.62. The zero-order chi connectivity index (χ0) is 12.7. The third-order valence-corrected chi connectivity index (χ3v) is 5.83. The standard InChI is InChI=1S/C12H24N2O2S/c1-12(2,3)11-8-13-10-6-4-5-7-17(15,16)14(11)9-10/h10-11,13H,4-9H2,1-3H3. The summed E-state index contributed by atoms with van der Waals surface area (Å²) < 4.78 is 26.4. The van der Waals surface area contributed by atoms with Gasteiger partial charge in [0, 0.05) is 25.2 Å². The van der Waals surface area contributed by atoms with Gasteiger partial charge in [0.1, 0.15) is 0 Å². The summed E-state index contributed by atoms with van der Waals surface area (Å²) in [6.07, 6.45) is 2.92. The van der Waals surface area contributed by atoms with E-state index in [1.807, 2.05) is 0 Å². The van der Waals surface area contributed by atoms with Gasteiger partial charge in [-0.05, 0) is 18.3 Å². The van der Waals surface area contributed by atoms with E-state index in [0.717, 1.165) is 25.8 Å². The monoisotopic (exact) mass is 260 g/mol. The lowest BCUT2D eigenvalue weighted by atomic mass is 9.85. The molecule has 0 aliphatic carbocycles. The second kappa shape index (κ2) is 4.52. The van der Waals surface area contributed by atoms with E-state index >= 15 is 0 Å². The quantitative estimate of drug-likeness (QED) is 0.712. The van der Waals surface area contributed by atoms with E-state index < -0.39 is 10.0 Å². The normalized spacial score (nSPS) is 38.2. The van der Waals surface area contributed by atoms with Crippen LogP contribution in [0.25, 0.3) is 0 Å². The summed E-state index contributed by atoms with van der Waals surface area (Å²) in [7, 11) is -3.05. The van der Waals surface area contributed by atoms with Crippen molar-refractivity contribution in [3.63, 3.8) is 0 Å². The van der Waals surface area contributed by atoms with E-state index in [4.69, 9.17) is 0 Å². The minimum atomic E-state index is -3.05. The zero-order valence-electron chi connectivity index (χ0n) is 11.1. The minimum Gasteiger partial charge on any atom is -0.311 e. The van der Waals surface area contributed by atoms with Gasteiger partial charge in [-0.25, -0.2) is 8.42 Å². The molecule has 2 aliphatic rings. The van der Waals surface area contributed by atoms with E-state index in [9.17, 15) is 8.42 Å². The second-order valence-electron chi connectivity index (χ2n) is 6.37. The predicted molar refractivity (Wildman–Crippen MR) is 69.4 cm³/mol. The van der Waals surface area contributed by atoms with Crippen LogP contribution in [0.4, 0.5) is 0 Å². The summed E-state index contributed by atoms with van der Waals surface area (Å²) in [5, 5.41) is 3.51. The van der Waals surface area contributed by atoms with Crippen molar-refractivity contribution >= 4 is 10.0 Å².